The Kier molecular flexibility index (Phi) is 6.22. The number of carbonyl (C=O) groups excluding carboxylic acids is 1. The maximum absolute atomic E-state index is 12.3. The summed E-state index contributed by atoms with van der Waals surface area (Å²) < 4.78 is 5.62. The van der Waals surface area contributed by atoms with E-state index >= 15 is 0 Å². The number of aromatic amines is 1. The first-order chi connectivity index (χ1) is 12.6. The molecule has 2 heterocycles. The Morgan fingerprint density at radius 2 is 2.19 bits per heavy atom. The summed E-state index contributed by atoms with van der Waals surface area (Å²) in [6, 6.07) is 7.70. The smallest absolute Gasteiger partial charge is 0.321 e. The van der Waals surface area contributed by atoms with Crippen molar-refractivity contribution in [2.24, 2.45) is 0 Å². The maximum Gasteiger partial charge on any atom is 0.321 e. The fourth-order valence-corrected chi connectivity index (χ4v) is 3.11. The fourth-order valence-electron chi connectivity index (χ4n) is 3.11. The van der Waals surface area contributed by atoms with Gasteiger partial charge in [0, 0.05) is 32.3 Å². The van der Waals surface area contributed by atoms with Crippen molar-refractivity contribution >= 4 is 11.7 Å². The average molecular weight is 357 g/mol. The number of hydrogen-bond acceptors (Lipinski definition) is 4. The number of amides is 2. The number of aromatic nitrogens is 3. The van der Waals surface area contributed by atoms with Crippen LogP contribution in [0.4, 0.5) is 10.5 Å². The number of aryl methyl sites for hydroxylation is 1. The van der Waals surface area contributed by atoms with Crippen LogP contribution < -0.4 is 5.32 Å². The quantitative estimate of drug-likeness (QED) is 0.797. The van der Waals surface area contributed by atoms with Crippen LogP contribution in [0.15, 0.2) is 24.3 Å². The second-order valence-electron chi connectivity index (χ2n) is 6.84. The number of urea groups is 1. The zero-order valence-corrected chi connectivity index (χ0v) is 15.5. The Balaban J connectivity index is 1.42. The summed E-state index contributed by atoms with van der Waals surface area (Å²) in [5.74, 6) is 1.58. The standard InChI is InChI=1S/C19H27N5O2/c1-14-20-18(23-22-14)13-15-7-9-16(10-8-15)21-19(25)24(2)11-3-5-17-6-4-12-26-17/h7-10,17H,3-6,11-13H2,1-2H3,(H,21,25)(H,20,22,23)/t17-/m1/s1. The van der Waals surface area contributed by atoms with Gasteiger partial charge in [-0.25, -0.2) is 9.78 Å². The minimum absolute atomic E-state index is 0.0883. The molecule has 7 heteroatoms. The average Bonchev–Trinajstić information content (AvgIpc) is 3.28. The molecule has 0 saturated carbocycles. The number of benzene rings is 1. The van der Waals surface area contributed by atoms with Crippen molar-refractivity contribution in [2.45, 2.75) is 45.1 Å². The zero-order valence-electron chi connectivity index (χ0n) is 15.5. The molecule has 1 atom stereocenters. The third-order valence-electron chi connectivity index (χ3n) is 4.60. The van der Waals surface area contributed by atoms with Gasteiger partial charge in [0.25, 0.3) is 0 Å². The molecule has 2 amide bonds. The van der Waals surface area contributed by atoms with E-state index in [9.17, 15) is 4.79 Å². The lowest BCUT2D eigenvalue weighted by atomic mass is 10.1. The summed E-state index contributed by atoms with van der Waals surface area (Å²) in [4.78, 5) is 18.3. The van der Waals surface area contributed by atoms with Gasteiger partial charge in [0.05, 0.1) is 6.10 Å². The van der Waals surface area contributed by atoms with Crippen molar-refractivity contribution in [3.63, 3.8) is 0 Å². The molecule has 26 heavy (non-hydrogen) atoms. The fraction of sp³-hybridized carbons (Fsp3) is 0.526. The molecule has 1 aliphatic heterocycles. The van der Waals surface area contributed by atoms with Crippen LogP contribution in [-0.2, 0) is 11.2 Å². The molecular weight excluding hydrogens is 330 g/mol. The highest BCUT2D eigenvalue weighted by atomic mass is 16.5. The molecule has 1 aromatic heterocycles. The molecule has 3 rings (SSSR count). The Labute approximate surface area is 154 Å². The third kappa shape index (κ3) is 5.29. The molecule has 7 nitrogen and oxygen atoms in total. The lowest BCUT2D eigenvalue weighted by molar-refractivity contribution is 0.101. The van der Waals surface area contributed by atoms with Crippen molar-refractivity contribution in [2.75, 3.05) is 25.5 Å². The topological polar surface area (TPSA) is 83.1 Å². The number of rotatable bonds is 7. The third-order valence-corrected chi connectivity index (χ3v) is 4.60. The van der Waals surface area contributed by atoms with Crippen LogP contribution in [0.3, 0.4) is 0 Å². The van der Waals surface area contributed by atoms with Gasteiger partial charge in [0.1, 0.15) is 5.82 Å². The minimum atomic E-state index is -0.0883. The summed E-state index contributed by atoms with van der Waals surface area (Å²) in [6.45, 7) is 3.49. The molecule has 1 aliphatic rings. The van der Waals surface area contributed by atoms with Gasteiger partial charge in [-0.2, -0.15) is 5.10 Å². The maximum atomic E-state index is 12.3. The van der Waals surface area contributed by atoms with Gasteiger partial charge in [-0.05, 0) is 50.3 Å². The van der Waals surface area contributed by atoms with Crippen LogP contribution in [0.5, 0.6) is 0 Å². The Hall–Kier alpha value is -2.41. The van der Waals surface area contributed by atoms with E-state index in [0.717, 1.165) is 61.7 Å². The van der Waals surface area contributed by atoms with E-state index in [2.05, 4.69) is 20.5 Å². The lowest BCUT2D eigenvalue weighted by Gasteiger charge is -2.19. The first-order valence-corrected chi connectivity index (χ1v) is 9.20. The molecule has 0 radical (unpaired) electrons. The van der Waals surface area contributed by atoms with Gasteiger partial charge in [-0.15, -0.1) is 0 Å². The Morgan fingerprint density at radius 3 is 2.85 bits per heavy atom. The zero-order chi connectivity index (χ0) is 18.4. The number of carbonyl (C=O) groups is 1. The summed E-state index contributed by atoms with van der Waals surface area (Å²) in [5.41, 5.74) is 1.89. The van der Waals surface area contributed by atoms with Gasteiger partial charge in [-0.1, -0.05) is 12.1 Å². The molecule has 0 aliphatic carbocycles. The molecule has 0 unspecified atom stereocenters. The van der Waals surface area contributed by atoms with Crippen LogP contribution in [0, 0.1) is 6.92 Å². The number of nitrogens with zero attached hydrogens (tertiary/aromatic N) is 3. The van der Waals surface area contributed by atoms with E-state index in [0.29, 0.717) is 12.5 Å². The molecule has 2 aromatic rings. The predicted molar refractivity (Wildman–Crippen MR) is 100 cm³/mol. The highest BCUT2D eigenvalue weighted by Crippen LogP contribution is 2.17. The normalized spacial score (nSPS) is 16.6. The predicted octanol–water partition coefficient (Wildman–Crippen LogP) is 3.13. The summed E-state index contributed by atoms with van der Waals surface area (Å²) in [6.07, 6.45) is 5.34. The highest BCUT2D eigenvalue weighted by molar-refractivity contribution is 5.89. The molecule has 1 fully saturated rings. The highest BCUT2D eigenvalue weighted by Gasteiger charge is 2.16. The van der Waals surface area contributed by atoms with E-state index in [1.807, 2.05) is 38.2 Å². The molecule has 0 bridgehead atoms. The van der Waals surface area contributed by atoms with Gasteiger partial charge >= 0.3 is 6.03 Å². The second kappa shape index (κ2) is 8.80. The number of hydrogen-bond donors (Lipinski definition) is 2. The van der Waals surface area contributed by atoms with Crippen molar-refractivity contribution in [3.05, 3.63) is 41.5 Å². The van der Waals surface area contributed by atoms with Crippen LogP contribution >= 0.6 is 0 Å². The van der Waals surface area contributed by atoms with Crippen LogP contribution in [-0.4, -0.2) is 52.4 Å². The first-order valence-electron chi connectivity index (χ1n) is 9.20. The van der Waals surface area contributed by atoms with E-state index in [1.165, 1.54) is 0 Å². The largest absolute Gasteiger partial charge is 0.378 e. The molecule has 0 spiro atoms. The number of anilines is 1. The summed E-state index contributed by atoms with van der Waals surface area (Å²) >= 11 is 0. The van der Waals surface area contributed by atoms with Crippen molar-refractivity contribution in [3.8, 4) is 0 Å². The van der Waals surface area contributed by atoms with E-state index in [1.54, 1.807) is 4.90 Å². The monoisotopic (exact) mass is 357 g/mol. The van der Waals surface area contributed by atoms with Crippen LogP contribution in [0.2, 0.25) is 0 Å². The SMILES string of the molecule is Cc1nc(Cc2ccc(NC(=O)N(C)CCC[C@@H]3CCCO3)cc2)n[nH]1. The van der Waals surface area contributed by atoms with Gasteiger partial charge in [-0.3, -0.25) is 5.10 Å². The van der Waals surface area contributed by atoms with E-state index in [-0.39, 0.29) is 6.03 Å². The number of ether oxygens (including phenoxy) is 1. The van der Waals surface area contributed by atoms with Crippen molar-refractivity contribution in [1.29, 1.82) is 0 Å². The van der Waals surface area contributed by atoms with E-state index < -0.39 is 0 Å². The molecule has 1 aromatic carbocycles. The van der Waals surface area contributed by atoms with E-state index in [4.69, 9.17) is 4.74 Å². The minimum Gasteiger partial charge on any atom is -0.378 e. The van der Waals surface area contributed by atoms with Gasteiger partial charge < -0.3 is 15.0 Å². The molecule has 140 valence electrons. The molecular formula is C19H27N5O2. The van der Waals surface area contributed by atoms with Gasteiger partial charge in [0.15, 0.2) is 5.82 Å². The van der Waals surface area contributed by atoms with Crippen LogP contribution in [0.25, 0.3) is 0 Å². The van der Waals surface area contributed by atoms with Crippen LogP contribution in [0.1, 0.15) is 42.9 Å². The molecule has 1 saturated heterocycles. The number of nitrogens with one attached hydrogen (secondary N) is 2. The number of H-pyrrole nitrogens is 1. The lowest BCUT2D eigenvalue weighted by Crippen LogP contribution is -2.32. The van der Waals surface area contributed by atoms with Crippen molar-refractivity contribution < 1.29 is 9.53 Å². The van der Waals surface area contributed by atoms with Crippen molar-refractivity contribution in [1.82, 2.24) is 20.1 Å². The second-order valence-corrected chi connectivity index (χ2v) is 6.84. The molecule has 2 N–H and O–H groups in total. The summed E-state index contributed by atoms with van der Waals surface area (Å²) in [5, 5.41) is 9.92. The summed E-state index contributed by atoms with van der Waals surface area (Å²) in [7, 11) is 1.82. The van der Waals surface area contributed by atoms with Gasteiger partial charge in [0.2, 0.25) is 0 Å². The Morgan fingerprint density at radius 1 is 1.38 bits per heavy atom. The Bertz CT molecular complexity index is 707. The first kappa shape index (κ1) is 18.4.